The summed E-state index contributed by atoms with van der Waals surface area (Å²) < 4.78 is 5.19. The molecule has 39 heavy (non-hydrogen) atoms. The first-order chi connectivity index (χ1) is 18.4. The molecule has 3 aromatic carbocycles. The van der Waals surface area contributed by atoms with Crippen LogP contribution in [-0.2, 0) is 17.8 Å². The third kappa shape index (κ3) is 6.96. The summed E-state index contributed by atoms with van der Waals surface area (Å²) in [6.07, 6.45) is 1.11. The zero-order valence-corrected chi connectivity index (χ0v) is 23.6. The number of anilines is 2. The van der Waals surface area contributed by atoms with Gasteiger partial charge in [0, 0.05) is 23.5 Å². The van der Waals surface area contributed by atoms with Crippen molar-refractivity contribution in [2.75, 3.05) is 17.7 Å². The Morgan fingerprint density at radius 2 is 1.77 bits per heavy atom. The van der Waals surface area contributed by atoms with E-state index in [4.69, 9.17) is 27.9 Å². The molecule has 10 heteroatoms. The number of fused-ring (bicyclic) bond motifs is 1. The molecule has 0 bridgehead atoms. The fourth-order valence-corrected chi connectivity index (χ4v) is 4.48. The molecule has 0 aliphatic rings. The molecule has 2 amide bonds. The third-order valence-corrected chi connectivity index (χ3v) is 6.98. The summed E-state index contributed by atoms with van der Waals surface area (Å²) in [6, 6.07) is 13.7. The number of carbonyl (C=O) groups excluding carboxylic acids is 2. The number of aromatic nitrogens is 2. The summed E-state index contributed by atoms with van der Waals surface area (Å²) >= 11 is 12.6. The van der Waals surface area contributed by atoms with Gasteiger partial charge in [-0.2, -0.15) is 0 Å². The number of aromatic amines is 1. The van der Waals surface area contributed by atoms with Crippen LogP contribution in [0.1, 0.15) is 57.9 Å². The molecule has 4 rings (SSSR count). The molecule has 0 unspecified atom stereocenters. The van der Waals surface area contributed by atoms with Crippen molar-refractivity contribution in [3.8, 4) is 0 Å². The molecule has 0 radical (unpaired) electrons. The predicted octanol–water partition coefficient (Wildman–Crippen LogP) is 6.53. The van der Waals surface area contributed by atoms with Gasteiger partial charge in [0.2, 0.25) is 0 Å². The maximum absolute atomic E-state index is 13.4. The maximum atomic E-state index is 13.4. The summed E-state index contributed by atoms with van der Waals surface area (Å²) in [5.74, 6) is -0.312. The number of ether oxygens (including phenoxy) is 1. The van der Waals surface area contributed by atoms with E-state index in [0.717, 1.165) is 11.1 Å². The van der Waals surface area contributed by atoms with Gasteiger partial charge in [0.15, 0.2) is 0 Å². The molecule has 4 N–H and O–H groups in total. The first-order valence-corrected chi connectivity index (χ1v) is 13.1. The number of amides is 2. The van der Waals surface area contributed by atoms with E-state index < -0.39 is 17.4 Å². The number of benzene rings is 3. The average molecular weight is 569 g/mol. The highest BCUT2D eigenvalue weighted by molar-refractivity contribution is 6.34. The Morgan fingerprint density at radius 1 is 1.03 bits per heavy atom. The average Bonchev–Trinajstić information content (AvgIpc) is 3.27. The number of imidazole rings is 1. The smallest absolute Gasteiger partial charge is 0.258 e. The van der Waals surface area contributed by atoms with Gasteiger partial charge in [-0.25, -0.2) is 4.98 Å². The Labute approximate surface area is 236 Å². The highest BCUT2D eigenvalue weighted by Gasteiger charge is 2.20. The number of aliphatic hydroxyl groups is 1. The van der Waals surface area contributed by atoms with Gasteiger partial charge >= 0.3 is 0 Å². The van der Waals surface area contributed by atoms with Crippen LogP contribution in [0.4, 0.5) is 11.4 Å². The first-order valence-electron chi connectivity index (χ1n) is 12.4. The molecule has 0 atom stereocenters. The van der Waals surface area contributed by atoms with Crippen LogP contribution in [0.2, 0.25) is 10.0 Å². The molecule has 0 saturated heterocycles. The molecule has 1 aromatic heterocycles. The largest absolute Gasteiger partial charge is 0.390 e. The minimum Gasteiger partial charge on any atom is -0.390 e. The molecule has 0 aliphatic heterocycles. The normalized spacial score (nSPS) is 11.6. The molecule has 204 valence electrons. The molecule has 0 spiro atoms. The molecular formula is C29H30Cl2N4O4. The molecule has 1 heterocycles. The van der Waals surface area contributed by atoms with E-state index in [2.05, 4.69) is 20.6 Å². The number of carbonyl (C=O) groups is 2. The van der Waals surface area contributed by atoms with Crippen LogP contribution < -0.4 is 10.6 Å². The van der Waals surface area contributed by atoms with Gasteiger partial charge in [0.05, 0.1) is 27.3 Å². The van der Waals surface area contributed by atoms with Crippen LogP contribution >= 0.6 is 23.2 Å². The lowest BCUT2D eigenvalue weighted by molar-refractivity contribution is 0.0714. The number of hydrogen-bond donors (Lipinski definition) is 4. The molecule has 8 nitrogen and oxygen atoms in total. The van der Waals surface area contributed by atoms with Gasteiger partial charge in [-0.15, -0.1) is 0 Å². The van der Waals surface area contributed by atoms with Crippen molar-refractivity contribution in [3.63, 3.8) is 0 Å². The molecule has 0 fully saturated rings. The predicted molar refractivity (Wildman–Crippen MR) is 155 cm³/mol. The van der Waals surface area contributed by atoms with Gasteiger partial charge < -0.3 is 25.5 Å². The topological polar surface area (TPSA) is 116 Å². The van der Waals surface area contributed by atoms with Crippen molar-refractivity contribution in [1.29, 1.82) is 0 Å². The number of halogens is 2. The van der Waals surface area contributed by atoms with E-state index in [1.165, 1.54) is 0 Å². The van der Waals surface area contributed by atoms with Crippen molar-refractivity contribution < 1.29 is 19.4 Å². The van der Waals surface area contributed by atoms with Crippen LogP contribution in [0.3, 0.4) is 0 Å². The lowest BCUT2D eigenvalue weighted by Crippen LogP contribution is -2.19. The summed E-state index contributed by atoms with van der Waals surface area (Å²) in [7, 11) is 1.55. The Morgan fingerprint density at radius 3 is 2.49 bits per heavy atom. The van der Waals surface area contributed by atoms with E-state index in [-0.39, 0.29) is 17.7 Å². The quantitative estimate of drug-likeness (QED) is 0.183. The molecular weight excluding hydrogens is 539 g/mol. The first kappa shape index (κ1) is 28.6. The van der Waals surface area contributed by atoms with Crippen molar-refractivity contribution in [3.05, 3.63) is 86.7 Å². The number of methoxy groups -OCH3 is 1. The highest BCUT2D eigenvalue weighted by Crippen LogP contribution is 2.28. The standard InChI is InChI=1S/C29H30Cl2N4O4/c1-16-21(30)6-5-7-23(16)34-28(37)20-13-18(14-24-26(20)35-25(33-24)15-39-4)32-27(36)19-12-17(8-9-22(19)31)10-11-29(2,3)38/h5-9,12-14,38H,10-11,15H2,1-4H3,(H,32,36)(H,33,35)(H,34,37). The minimum absolute atomic E-state index is 0.220. The molecule has 0 saturated carbocycles. The van der Waals surface area contributed by atoms with E-state index in [1.807, 2.05) is 13.0 Å². The van der Waals surface area contributed by atoms with E-state index in [0.29, 0.717) is 51.1 Å². The van der Waals surface area contributed by atoms with Gasteiger partial charge in [0.25, 0.3) is 11.8 Å². The van der Waals surface area contributed by atoms with E-state index in [1.54, 1.807) is 63.4 Å². The fourth-order valence-electron chi connectivity index (χ4n) is 4.10. The van der Waals surface area contributed by atoms with Crippen molar-refractivity contribution in [1.82, 2.24) is 9.97 Å². The molecule has 0 aliphatic carbocycles. The minimum atomic E-state index is -0.830. The van der Waals surface area contributed by atoms with Crippen LogP contribution in [0.5, 0.6) is 0 Å². The van der Waals surface area contributed by atoms with E-state index in [9.17, 15) is 14.7 Å². The van der Waals surface area contributed by atoms with Crippen LogP contribution in [0.15, 0.2) is 48.5 Å². The number of hydrogen-bond acceptors (Lipinski definition) is 5. The number of rotatable bonds is 9. The number of aryl methyl sites for hydroxylation is 1. The highest BCUT2D eigenvalue weighted by atomic mass is 35.5. The third-order valence-electron chi connectivity index (χ3n) is 6.24. The lowest BCUT2D eigenvalue weighted by Gasteiger charge is -2.17. The second-order valence-corrected chi connectivity index (χ2v) is 10.8. The maximum Gasteiger partial charge on any atom is 0.258 e. The van der Waals surface area contributed by atoms with Crippen LogP contribution in [0, 0.1) is 6.92 Å². The summed E-state index contributed by atoms with van der Waals surface area (Å²) in [6.45, 7) is 5.51. The van der Waals surface area contributed by atoms with Gasteiger partial charge in [-0.3, -0.25) is 9.59 Å². The number of H-pyrrole nitrogens is 1. The number of nitrogens with one attached hydrogen (secondary N) is 3. The summed E-state index contributed by atoms with van der Waals surface area (Å²) in [4.78, 5) is 34.4. The zero-order chi connectivity index (χ0) is 28.3. The Kier molecular flexibility index (Phi) is 8.61. The van der Waals surface area contributed by atoms with Crippen molar-refractivity contribution in [2.45, 2.75) is 45.8 Å². The van der Waals surface area contributed by atoms with Crippen molar-refractivity contribution in [2.24, 2.45) is 0 Å². The Bertz CT molecular complexity index is 1540. The fraction of sp³-hybridized carbons (Fsp3) is 0.276. The van der Waals surface area contributed by atoms with Crippen molar-refractivity contribution >= 4 is 57.4 Å². The van der Waals surface area contributed by atoms with Gasteiger partial charge in [0.1, 0.15) is 17.9 Å². The van der Waals surface area contributed by atoms with E-state index >= 15 is 0 Å². The SMILES string of the molecule is COCc1nc2c(C(=O)Nc3cccc(Cl)c3C)cc(NC(=O)c3cc(CCC(C)(C)O)ccc3Cl)cc2[nH]1. The van der Waals surface area contributed by atoms with Crippen LogP contribution in [0.25, 0.3) is 11.0 Å². The molecule has 4 aromatic rings. The zero-order valence-electron chi connectivity index (χ0n) is 22.1. The van der Waals surface area contributed by atoms with Gasteiger partial charge in [-0.1, -0.05) is 35.3 Å². The Hall–Kier alpha value is -3.43. The summed E-state index contributed by atoms with van der Waals surface area (Å²) in [5, 5.41) is 16.6. The second-order valence-electron chi connectivity index (χ2n) is 9.98. The number of nitrogens with zero attached hydrogens (tertiary/aromatic N) is 1. The monoisotopic (exact) mass is 568 g/mol. The second kappa shape index (κ2) is 11.8. The summed E-state index contributed by atoms with van der Waals surface area (Å²) in [5.41, 5.74) is 3.25. The van der Waals surface area contributed by atoms with Crippen LogP contribution in [-0.4, -0.2) is 39.6 Å². The Balaban J connectivity index is 1.67. The lowest BCUT2D eigenvalue weighted by atomic mass is 9.98. The van der Waals surface area contributed by atoms with Gasteiger partial charge in [-0.05, 0) is 81.1 Å².